The number of hydrogen-bond acceptors (Lipinski definition) is 2. The number of nitrogens with one attached hydrogen (secondary N) is 2. The monoisotopic (exact) mass is 377 g/mol. The van der Waals surface area contributed by atoms with Gasteiger partial charge in [0.1, 0.15) is 17.3 Å². The van der Waals surface area contributed by atoms with E-state index in [1.54, 1.807) is 18.2 Å². The predicted molar refractivity (Wildman–Crippen MR) is 86.0 cm³/mol. The number of hydrogen-bond donors (Lipinski definition) is 2. The van der Waals surface area contributed by atoms with Gasteiger partial charge in [-0.2, -0.15) is 5.10 Å². The zero-order valence-electron chi connectivity index (χ0n) is 11.6. The van der Waals surface area contributed by atoms with Crippen molar-refractivity contribution in [3.8, 4) is 11.3 Å². The van der Waals surface area contributed by atoms with Gasteiger partial charge in [-0.25, -0.2) is 8.78 Å². The van der Waals surface area contributed by atoms with Crippen LogP contribution in [0, 0.1) is 11.6 Å². The standard InChI is InChI=1S/C16H10BrF2N3O/c17-10-3-6-13(12(19)7-10)20-16(23)15-8-14(21-22-15)9-1-4-11(18)5-2-9/h1-8H,(H,20,23)(H,21,22). The zero-order valence-corrected chi connectivity index (χ0v) is 13.2. The minimum absolute atomic E-state index is 0.0659. The Labute approximate surface area is 138 Å². The van der Waals surface area contributed by atoms with E-state index in [2.05, 4.69) is 31.4 Å². The van der Waals surface area contributed by atoms with Crippen LogP contribution in [0.25, 0.3) is 11.3 Å². The molecule has 3 rings (SSSR count). The minimum Gasteiger partial charge on any atom is -0.318 e. The molecule has 2 N–H and O–H groups in total. The van der Waals surface area contributed by atoms with Crippen LogP contribution in [0.5, 0.6) is 0 Å². The number of carbonyl (C=O) groups is 1. The van der Waals surface area contributed by atoms with Crippen molar-refractivity contribution in [2.75, 3.05) is 5.32 Å². The summed E-state index contributed by atoms with van der Waals surface area (Å²) in [4.78, 5) is 12.1. The molecule has 0 radical (unpaired) electrons. The molecule has 0 fully saturated rings. The van der Waals surface area contributed by atoms with E-state index >= 15 is 0 Å². The zero-order chi connectivity index (χ0) is 16.4. The Bertz CT molecular complexity index is 862. The van der Waals surface area contributed by atoms with Crippen LogP contribution in [0.2, 0.25) is 0 Å². The van der Waals surface area contributed by atoms with Gasteiger partial charge in [0, 0.05) is 10.0 Å². The van der Waals surface area contributed by atoms with Crippen molar-refractivity contribution in [2.24, 2.45) is 0 Å². The van der Waals surface area contributed by atoms with E-state index in [-0.39, 0.29) is 17.2 Å². The van der Waals surface area contributed by atoms with Gasteiger partial charge in [-0.05, 0) is 48.5 Å². The SMILES string of the molecule is O=C(Nc1ccc(Br)cc1F)c1cc(-c2ccc(F)cc2)n[nH]1. The summed E-state index contributed by atoms with van der Waals surface area (Å²) < 4.78 is 27.2. The van der Waals surface area contributed by atoms with E-state index in [9.17, 15) is 13.6 Å². The summed E-state index contributed by atoms with van der Waals surface area (Å²) in [7, 11) is 0. The van der Waals surface area contributed by atoms with Crippen molar-refractivity contribution < 1.29 is 13.6 Å². The highest BCUT2D eigenvalue weighted by molar-refractivity contribution is 9.10. The first-order valence-electron chi connectivity index (χ1n) is 6.61. The van der Waals surface area contributed by atoms with Gasteiger partial charge < -0.3 is 5.32 Å². The number of rotatable bonds is 3. The predicted octanol–water partition coefficient (Wildman–Crippen LogP) is 4.37. The summed E-state index contributed by atoms with van der Waals surface area (Å²) in [5.41, 5.74) is 1.39. The number of anilines is 1. The third-order valence-electron chi connectivity index (χ3n) is 3.14. The topological polar surface area (TPSA) is 57.8 Å². The Kier molecular flexibility index (Phi) is 4.20. The third-order valence-corrected chi connectivity index (χ3v) is 3.64. The highest BCUT2D eigenvalue weighted by atomic mass is 79.9. The van der Waals surface area contributed by atoms with Crippen molar-refractivity contribution in [1.82, 2.24) is 10.2 Å². The lowest BCUT2D eigenvalue weighted by molar-refractivity contribution is 0.102. The van der Waals surface area contributed by atoms with Crippen molar-refractivity contribution in [1.29, 1.82) is 0 Å². The lowest BCUT2D eigenvalue weighted by Crippen LogP contribution is -2.13. The Morgan fingerprint density at radius 3 is 2.52 bits per heavy atom. The second-order valence-corrected chi connectivity index (χ2v) is 5.67. The van der Waals surface area contributed by atoms with Crippen LogP contribution in [0.4, 0.5) is 14.5 Å². The molecule has 2 aromatic carbocycles. The third kappa shape index (κ3) is 3.45. The minimum atomic E-state index is -0.550. The second-order valence-electron chi connectivity index (χ2n) is 4.75. The molecule has 0 unspecified atom stereocenters. The molecule has 0 spiro atoms. The quantitative estimate of drug-likeness (QED) is 0.711. The van der Waals surface area contributed by atoms with Crippen LogP contribution in [0.15, 0.2) is 53.0 Å². The Morgan fingerprint density at radius 2 is 1.83 bits per heavy atom. The Balaban J connectivity index is 1.79. The number of halogens is 3. The van der Waals surface area contributed by atoms with Crippen molar-refractivity contribution in [3.05, 3.63) is 70.3 Å². The number of aromatic amines is 1. The summed E-state index contributed by atoms with van der Waals surface area (Å²) in [6, 6.07) is 11.6. The molecule has 1 amide bonds. The molecular formula is C16H10BrF2N3O. The fourth-order valence-electron chi connectivity index (χ4n) is 1.99. The summed E-state index contributed by atoms with van der Waals surface area (Å²) in [6.07, 6.45) is 0. The number of amides is 1. The number of H-pyrrole nitrogens is 1. The van der Waals surface area contributed by atoms with Crippen molar-refractivity contribution in [3.63, 3.8) is 0 Å². The van der Waals surface area contributed by atoms with Crippen LogP contribution >= 0.6 is 15.9 Å². The lowest BCUT2D eigenvalue weighted by Gasteiger charge is -2.04. The summed E-state index contributed by atoms with van der Waals surface area (Å²) in [5.74, 6) is -1.42. The van der Waals surface area contributed by atoms with E-state index in [0.29, 0.717) is 15.7 Å². The normalized spacial score (nSPS) is 10.6. The molecule has 0 atom stereocenters. The average Bonchev–Trinajstić information content (AvgIpc) is 3.01. The molecule has 1 heterocycles. The van der Waals surface area contributed by atoms with Crippen LogP contribution in [-0.2, 0) is 0 Å². The molecule has 0 aliphatic rings. The van der Waals surface area contributed by atoms with Crippen LogP contribution in [0.1, 0.15) is 10.5 Å². The van der Waals surface area contributed by atoms with E-state index < -0.39 is 11.7 Å². The first-order valence-corrected chi connectivity index (χ1v) is 7.40. The Hall–Kier alpha value is -2.54. The maximum Gasteiger partial charge on any atom is 0.273 e. The van der Waals surface area contributed by atoms with Crippen LogP contribution < -0.4 is 5.32 Å². The van der Waals surface area contributed by atoms with E-state index in [0.717, 1.165) is 0 Å². The van der Waals surface area contributed by atoms with Gasteiger partial charge in [-0.1, -0.05) is 15.9 Å². The number of aromatic nitrogens is 2. The molecule has 7 heteroatoms. The van der Waals surface area contributed by atoms with E-state index in [4.69, 9.17) is 0 Å². The molecule has 0 aliphatic heterocycles. The molecule has 0 saturated heterocycles. The van der Waals surface area contributed by atoms with Gasteiger partial charge in [0.15, 0.2) is 0 Å². The van der Waals surface area contributed by atoms with E-state index in [1.807, 2.05) is 0 Å². The fourth-order valence-corrected chi connectivity index (χ4v) is 2.32. The summed E-state index contributed by atoms with van der Waals surface area (Å²) >= 11 is 3.15. The van der Waals surface area contributed by atoms with Crippen molar-refractivity contribution >= 4 is 27.5 Å². The second kappa shape index (κ2) is 6.29. The van der Waals surface area contributed by atoms with Gasteiger partial charge in [0.2, 0.25) is 0 Å². The molecule has 4 nitrogen and oxygen atoms in total. The molecule has 0 bridgehead atoms. The molecule has 0 aliphatic carbocycles. The maximum atomic E-state index is 13.7. The summed E-state index contributed by atoms with van der Waals surface area (Å²) in [6.45, 7) is 0. The van der Waals surface area contributed by atoms with Crippen molar-refractivity contribution in [2.45, 2.75) is 0 Å². The molecule has 3 aromatic rings. The number of carbonyl (C=O) groups excluding carboxylic acids is 1. The largest absolute Gasteiger partial charge is 0.318 e. The Morgan fingerprint density at radius 1 is 1.09 bits per heavy atom. The average molecular weight is 378 g/mol. The molecule has 116 valence electrons. The van der Waals surface area contributed by atoms with Gasteiger partial charge in [0.05, 0.1) is 11.4 Å². The molecule has 1 aromatic heterocycles. The highest BCUT2D eigenvalue weighted by Gasteiger charge is 2.13. The summed E-state index contributed by atoms with van der Waals surface area (Å²) in [5, 5.41) is 9.05. The smallest absolute Gasteiger partial charge is 0.273 e. The first kappa shape index (κ1) is 15.4. The lowest BCUT2D eigenvalue weighted by atomic mass is 10.1. The van der Waals surface area contributed by atoms with Gasteiger partial charge in [0.25, 0.3) is 5.91 Å². The highest BCUT2D eigenvalue weighted by Crippen LogP contribution is 2.21. The first-order chi connectivity index (χ1) is 11.0. The molecular weight excluding hydrogens is 368 g/mol. The van der Waals surface area contributed by atoms with Gasteiger partial charge in [-0.3, -0.25) is 9.89 Å². The molecule has 23 heavy (non-hydrogen) atoms. The van der Waals surface area contributed by atoms with Gasteiger partial charge in [-0.15, -0.1) is 0 Å². The molecule has 0 saturated carbocycles. The fraction of sp³-hybridized carbons (Fsp3) is 0. The number of nitrogens with zero attached hydrogens (tertiary/aromatic N) is 1. The number of benzene rings is 2. The van der Waals surface area contributed by atoms with E-state index in [1.165, 1.54) is 30.3 Å². The van der Waals surface area contributed by atoms with Crippen LogP contribution in [-0.4, -0.2) is 16.1 Å². The van der Waals surface area contributed by atoms with Gasteiger partial charge >= 0.3 is 0 Å². The van der Waals surface area contributed by atoms with Crippen LogP contribution in [0.3, 0.4) is 0 Å². The maximum absolute atomic E-state index is 13.7.